The molecule has 0 aromatic carbocycles. The van der Waals surface area contributed by atoms with Crippen molar-refractivity contribution in [1.82, 2.24) is 14.5 Å². The van der Waals surface area contributed by atoms with Gasteiger partial charge in [-0.15, -0.1) is 11.3 Å². The van der Waals surface area contributed by atoms with Crippen LogP contribution in [0.1, 0.15) is 4.88 Å². The molecule has 0 radical (unpaired) electrons. The third kappa shape index (κ3) is 3.37. The fourth-order valence-electron chi connectivity index (χ4n) is 2.36. The second kappa shape index (κ2) is 6.65. The van der Waals surface area contributed by atoms with Gasteiger partial charge in [-0.25, -0.2) is 4.98 Å². The number of thiophene rings is 1. The third-order valence-corrected chi connectivity index (χ3v) is 4.29. The van der Waals surface area contributed by atoms with E-state index in [0.29, 0.717) is 0 Å². The number of aliphatic hydroxyl groups is 1. The second-order valence-corrected chi connectivity index (χ2v) is 5.98. The van der Waals surface area contributed by atoms with E-state index in [-0.39, 0.29) is 12.5 Å². The summed E-state index contributed by atoms with van der Waals surface area (Å²) in [6.07, 6.45) is 6.38. The summed E-state index contributed by atoms with van der Waals surface area (Å²) >= 11 is 1.73. The Kier molecular flexibility index (Phi) is 4.43. The Balaban J connectivity index is 1.77. The molecule has 3 aromatic heterocycles. The predicted octanol–water partition coefficient (Wildman–Crippen LogP) is 2.86. The lowest BCUT2D eigenvalue weighted by Gasteiger charge is -2.15. The van der Waals surface area contributed by atoms with Crippen molar-refractivity contribution >= 4 is 11.3 Å². The molecule has 21 heavy (non-hydrogen) atoms. The van der Waals surface area contributed by atoms with E-state index in [4.69, 9.17) is 0 Å². The van der Waals surface area contributed by atoms with Crippen molar-refractivity contribution in [3.05, 3.63) is 59.2 Å². The molecule has 4 nitrogen and oxygen atoms in total. The van der Waals surface area contributed by atoms with Gasteiger partial charge in [-0.05, 0) is 30.0 Å². The van der Waals surface area contributed by atoms with Crippen LogP contribution in [0.5, 0.6) is 0 Å². The summed E-state index contributed by atoms with van der Waals surface area (Å²) in [5.41, 5.74) is 0.857. The predicted molar refractivity (Wildman–Crippen MR) is 84.1 cm³/mol. The smallest absolute Gasteiger partial charge is 0.158 e. The van der Waals surface area contributed by atoms with Crippen molar-refractivity contribution in [2.75, 3.05) is 6.61 Å². The normalized spacial score (nSPS) is 12.4. The van der Waals surface area contributed by atoms with Crippen LogP contribution in [-0.4, -0.2) is 26.2 Å². The van der Waals surface area contributed by atoms with Gasteiger partial charge in [0.05, 0.1) is 0 Å². The molecule has 5 heteroatoms. The minimum Gasteiger partial charge on any atom is -0.396 e. The van der Waals surface area contributed by atoms with Crippen LogP contribution in [-0.2, 0) is 13.0 Å². The molecular weight excluding hydrogens is 282 g/mol. The molecule has 1 N–H and O–H groups in total. The first-order chi connectivity index (χ1) is 10.4. The highest BCUT2D eigenvalue weighted by molar-refractivity contribution is 7.09. The lowest BCUT2D eigenvalue weighted by molar-refractivity contribution is 0.211. The van der Waals surface area contributed by atoms with Gasteiger partial charge in [-0.3, -0.25) is 4.98 Å². The average Bonchev–Trinajstić information content (AvgIpc) is 3.19. The van der Waals surface area contributed by atoms with E-state index < -0.39 is 0 Å². The highest BCUT2D eigenvalue weighted by Crippen LogP contribution is 2.19. The topological polar surface area (TPSA) is 50.9 Å². The molecule has 0 aliphatic rings. The molecule has 0 fully saturated rings. The molecule has 0 saturated heterocycles. The molecule has 3 heterocycles. The lowest BCUT2D eigenvalue weighted by atomic mass is 10.1. The molecule has 1 atom stereocenters. The van der Waals surface area contributed by atoms with Gasteiger partial charge in [0.2, 0.25) is 0 Å². The Morgan fingerprint density at radius 2 is 2.10 bits per heavy atom. The maximum absolute atomic E-state index is 9.64. The molecule has 1 unspecified atom stereocenters. The zero-order valence-corrected chi connectivity index (χ0v) is 12.4. The van der Waals surface area contributed by atoms with Crippen LogP contribution in [0.3, 0.4) is 0 Å². The van der Waals surface area contributed by atoms with Crippen LogP contribution in [0.2, 0.25) is 0 Å². The standard InChI is InChI=1S/C16H17N3OS/c20-12-13(10-14-4-3-9-21-14)11-19-8-7-18-16(19)15-5-1-2-6-17-15/h1-9,13,20H,10-12H2. The summed E-state index contributed by atoms with van der Waals surface area (Å²) in [7, 11) is 0. The number of imidazole rings is 1. The number of pyridine rings is 1. The van der Waals surface area contributed by atoms with Gasteiger partial charge in [0.1, 0.15) is 5.69 Å². The van der Waals surface area contributed by atoms with Crippen molar-refractivity contribution < 1.29 is 5.11 Å². The maximum atomic E-state index is 9.64. The summed E-state index contributed by atoms with van der Waals surface area (Å²) < 4.78 is 2.07. The number of aromatic nitrogens is 3. The number of aliphatic hydroxyl groups excluding tert-OH is 1. The van der Waals surface area contributed by atoms with E-state index >= 15 is 0 Å². The van der Waals surface area contributed by atoms with Crippen LogP contribution in [0.15, 0.2) is 54.3 Å². The van der Waals surface area contributed by atoms with Gasteiger partial charge in [-0.1, -0.05) is 12.1 Å². The number of nitrogens with zero attached hydrogens (tertiary/aromatic N) is 3. The van der Waals surface area contributed by atoms with Crippen molar-refractivity contribution in [2.45, 2.75) is 13.0 Å². The van der Waals surface area contributed by atoms with Gasteiger partial charge in [-0.2, -0.15) is 0 Å². The molecule has 0 bridgehead atoms. The number of hydrogen-bond acceptors (Lipinski definition) is 4. The number of hydrogen-bond donors (Lipinski definition) is 1. The second-order valence-electron chi connectivity index (χ2n) is 4.95. The zero-order chi connectivity index (χ0) is 14.5. The Morgan fingerprint density at radius 1 is 1.14 bits per heavy atom. The van der Waals surface area contributed by atoms with Crippen molar-refractivity contribution in [2.24, 2.45) is 5.92 Å². The van der Waals surface area contributed by atoms with Crippen molar-refractivity contribution in [1.29, 1.82) is 0 Å². The SMILES string of the molecule is OCC(Cc1cccs1)Cn1ccnc1-c1ccccn1. The van der Waals surface area contributed by atoms with E-state index in [0.717, 1.165) is 24.5 Å². The Labute approximate surface area is 127 Å². The summed E-state index contributed by atoms with van der Waals surface area (Å²) in [5.74, 6) is 1.03. The van der Waals surface area contributed by atoms with Crippen LogP contribution < -0.4 is 0 Å². The van der Waals surface area contributed by atoms with E-state index in [1.54, 1.807) is 23.7 Å². The fraction of sp³-hybridized carbons (Fsp3) is 0.250. The largest absolute Gasteiger partial charge is 0.396 e. The van der Waals surface area contributed by atoms with Crippen LogP contribution in [0.25, 0.3) is 11.5 Å². The third-order valence-electron chi connectivity index (χ3n) is 3.39. The van der Waals surface area contributed by atoms with Crippen LogP contribution in [0, 0.1) is 5.92 Å². The Morgan fingerprint density at radius 3 is 2.81 bits per heavy atom. The van der Waals surface area contributed by atoms with E-state index in [9.17, 15) is 5.11 Å². The van der Waals surface area contributed by atoms with Gasteiger partial charge < -0.3 is 9.67 Å². The van der Waals surface area contributed by atoms with E-state index in [1.807, 2.05) is 30.5 Å². The van der Waals surface area contributed by atoms with Gasteiger partial charge in [0.25, 0.3) is 0 Å². The first-order valence-electron chi connectivity index (χ1n) is 6.92. The minimum atomic E-state index is 0.164. The summed E-state index contributed by atoms with van der Waals surface area (Å²) in [6, 6.07) is 9.96. The molecule has 0 aliphatic heterocycles. The van der Waals surface area contributed by atoms with E-state index in [1.165, 1.54) is 4.88 Å². The van der Waals surface area contributed by atoms with E-state index in [2.05, 4.69) is 26.0 Å². The Bertz CT molecular complexity index is 664. The van der Waals surface area contributed by atoms with Crippen molar-refractivity contribution in [3.8, 4) is 11.5 Å². The minimum absolute atomic E-state index is 0.164. The first kappa shape index (κ1) is 14.0. The molecule has 0 aliphatic carbocycles. The molecule has 3 aromatic rings. The first-order valence-corrected chi connectivity index (χ1v) is 7.80. The zero-order valence-electron chi connectivity index (χ0n) is 11.6. The van der Waals surface area contributed by atoms with Crippen LogP contribution >= 0.6 is 11.3 Å². The molecule has 0 spiro atoms. The Hall–Kier alpha value is -1.98. The fourth-order valence-corrected chi connectivity index (χ4v) is 3.18. The highest BCUT2D eigenvalue weighted by Gasteiger charge is 2.14. The molecular formula is C16H17N3OS. The molecule has 3 rings (SSSR count). The highest BCUT2D eigenvalue weighted by atomic mass is 32.1. The van der Waals surface area contributed by atoms with Gasteiger partial charge in [0.15, 0.2) is 5.82 Å². The number of rotatable bonds is 6. The van der Waals surface area contributed by atoms with Crippen LogP contribution in [0.4, 0.5) is 0 Å². The average molecular weight is 299 g/mol. The van der Waals surface area contributed by atoms with Gasteiger partial charge in [0, 0.05) is 42.5 Å². The summed E-state index contributed by atoms with van der Waals surface area (Å²) in [5, 5.41) is 11.7. The van der Waals surface area contributed by atoms with Gasteiger partial charge >= 0.3 is 0 Å². The molecule has 0 saturated carbocycles. The van der Waals surface area contributed by atoms with Crippen molar-refractivity contribution in [3.63, 3.8) is 0 Å². The summed E-state index contributed by atoms with van der Waals surface area (Å²) in [4.78, 5) is 10.0. The summed E-state index contributed by atoms with van der Waals surface area (Å²) in [6.45, 7) is 0.901. The quantitative estimate of drug-likeness (QED) is 0.761. The monoisotopic (exact) mass is 299 g/mol. The lowest BCUT2D eigenvalue weighted by Crippen LogP contribution is -2.17. The molecule has 108 valence electrons. The maximum Gasteiger partial charge on any atom is 0.158 e. The molecule has 0 amide bonds.